The molecule has 2 aromatic heterocycles. The quantitative estimate of drug-likeness (QED) is 0.674. The van der Waals surface area contributed by atoms with Crippen LogP contribution in [-0.4, -0.2) is 40.5 Å². The minimum atomic E-state index is -0.235. The van der Waals surface area contributed by atoms with Gasteiger partial charge in [0.1, 0.15) is 5.01 Å². The van der Waals surface area contributed by atoms with Gasteiger partial charge in [0.25, 0.3) is 0 Å². The molecule has 0 saturated heterocycles. The number of carbonyl (C=O) groups excluding carboxylic acids is 1. The fourth-order valence-electron chi connectivity index (χ4n) is 1.22. The van der Waals surface area contributed by atoms with Crippen LogP contribution in [0.2, 0.25) is 4.47 Å². The summed E-state index contributed by atoms with van der Waals surface area (Å²) in [6.07, 6.45) is 0. The Bertz CT molecular complexity index is 602. The maximum absolute atomic E-state index is 11.5. The molecule has 2 amide bonds. The van der Waals surface area contributed by atoms with Crippen molar-refractivity contribution < 1.29 is 4.79 Å². The van der Waals surface area contributed by atoms with Crippen LogP contribution in [0.15, 0.2) is 4.34 Å². The summed E-state index contributed by atoms with van der Waals surface area (Å²) in [5, 5.41) is 19.8. The third kappa shape index (κ3) is 3.57. The van der Waals surface area contributed by atoms with Crippen molar-refractivity contribution in [1.82, 2.24) is 25.7 Å². The zero-order valence-corrected chi connectivity index (χ0v) is 14.0. The molecule has 0 saturated carbocycles. The van der Waals surface area contributed by atoms with Crippen LogP contribution in [0.5, 0.6) is 0 Å². The molecule has 0 radical (unpaired) electrons. The highest BCUT2D eigenvalue weighted by atomic mass is 35.5. The zero-order valence-electron chi connectivity index (χ0n) is 10.8. The second-order valence-corrected chi connectivity index (χ2v) is 7.75. The smallest absolute Gasteiger partial charge is 0.323 e. The highest BCUT2D eigenvalue weighted by Gasteiger charge is 2.18. The van der Waals surface area contributed by atoms with E-state index in [2.05, 4.69) is 25.7 Å². The fraction of sp³-hybridized carbons (Fsp3) is 0.444. The molecule has 7 nitrogen and oxygen atoms in total. The van der Waals surface area contributed by atoms with Gasteiger partial charge in [-0.1, -0.05) is 34.4 Å². The van der Waals surface area contributed by atoms with E-state index in [1.54, 1.807) is 14.1 Å². The Balaban J connectivity index is 2.04. The summed E-state index contributed by atoms with van der Waals surface area (Å²) in [7, 11) is 3.21. The molecule has 0 aliphatic rings. The summed E-state index contributed by atoms with van der Waals surface area (Å²) in [6.45, 7) is 1.99. The molecular formula is C9H11ClN6OS3. The Kier molecular flexibility index (Phi) is 5.13. The second-order valence-electron chi connectivity index (χ2n) is 3.62. The molecule has 1 N–H and O–H groups in total. The van der Waals surface area contributed by atoms with Crippen molar-refractivity contribution in [2.45, 2.75) is 16.5 Å². The van der Waals surface area contributed by atoms with Gasteiger partial charge in [0.2, 0.25) is 9.60 Å². The maximum Gasteiger partial charge on any atom is 0.323 e. The van der Waals surface area contributed by atoms with Crippen LogP contribution in [0.4, 0.5) is 9.93 Å². The Labute approximate surface area is 132 Å². The molecule has 108 valence electrons. The molecule has 1 unspecified atom stereocenters. The number of hydrogen-bond acceptors (Lipinski definition) is 8. The van der Waals surface area contributed by atoms with Crippen LogP contribution in [0, 0.1) is 0 Å². The molecule has 0 fully saturated rings. The first-order chi connectivity index (χ1) is 9.51. The molecule has 2 heterocycles. The first-order valence-corrected chi connectivity index (χ1v) is 8.34. The molecule has 0 bridgehead atoms. The molecule has 2 rings (SSSR count). The topological polar surface area (TPSA) is 83.9 Å². The number of carbonyl (C=O) groups is 1. The minimum Gasteiger partial charge on any atom is -0.341 e. The van der Waals surface area contributed by atoms with Crippen LogP contribution in [0.25, 0.3) is 0 Å². The van der Waals surface area contributed by atoms with Crippen molar-refractivity contribution >= 4 is 57.2 Å². The Morgan fingerprint density at radius 2 is 2.10 bits per heavy atom. The molecule has 11 heteroatoms. The maximum atomic E-state index is 11.5. The summed E-state index contributed by atoms with van der Waals surface area (Å²) in [6, 6.07) is -0.235. The number of thioether (sulfide) groups is 1. The lowest BCUT2D eigenvalue weighted by Gasteiger charge is -2.11. The van der Waals surface area contributed by atoms with Crippen LogP contribution >= 0.6 is 46.0 Å². The van der Waals surface area contributed by atoms with Crippen molar-refractivity contribution in [3.05, 3.63) is 9.47 Å². The fourth-order valence-corrected chi connectivity index (χ4v) is 4.21. The van der Waals surface area contributed by atoms with E-state index in [9.17, 15) is 4.79 Å². The van der Waals surface area contributed by atoms with Gasteiger partial charge < -0.3 is 5.32 Å². The van der Waals surface area contributed by atoms with E-state index < -0.39 is 0 Å². The Morgan fingerprint density at radius 1 is 1.35 bits per heavy atom. The molecule has 0 aliphatic heterocycles. The normalized spacial score (nSPS) is 12.2. The Hall–Kier alpha value is -0.970. The summed E-state index contributed by atoms with van der Waals surface area (Å²) in [5.74, 6) is 0. The zero-order chi connectivity index (χ0) is 14.7. The number of halogens is 1. The molecule has 0 spiro atoms. The number of rotatable bonds is 4. The summed E-state index contributed by atoms with van der Waals surface area (Å²) in [4.78, 5) is 12.9. The standard InChI is InChI=1S/C9H11ClN6OS3/c1-4(5-12-13-6(10)19-5)18-9-15-14-8(20-9)16(3)7(17)11-2/h4H,1-3H3,(H,11,17). The van der Waals surface area contributed by atoms with Gasteiger partial charge in [0.05, 0.1) is 5.25 Å². The second kappa shape index (κ2) is 6.66. The van der Waals surface area contributed by atoms with E-state index in [-0.39, 0.29) is 11.3 Å². The van der Waals surface area contributed by atoms with Gasteiger partial charge in [-0.25, -0.2) is 4.79 Å². The molecule has 20 heavy (non-hydrogen) atoms. The van der Waals surface area contributed by atoms with E-state index in [4.69, 9.17) is 11.6 Å². The van der Waals surface area contributed by atoms with Crippen LogP contribution < -0.4 is 10.2 Å². The number of anilines is 1. The van der Waals surface area contributed by atoms with Gasteiger partial charge in [-0.05, 0) is 18.5 Å². The van der Waals surface area contributed by atoms with Gasteiger partial charge in [-0.2, -0.15) is 0 Å². The van der Waals surface area contributed by atoms with Crippen LogP contribution in [0.3, 0.4) is 0 Å². The molecule has 0 aliphatic carbocycles. The van der Waals surface area contributed by atoms with Crippen molar-refractivity contribution in [2.24, 2.45) is 0 Å². The number of nitrogens with zero attached hydrogens (tertiary/aromatic N) is 5. The van der Waals surface area contributed by atoms with Crippen molar-refractivity contribution in [2.75, 3.05) is 19.0 Å². The SMILES string of the molecule is CNC(=O)N(C)c1nnc(SC(C)c2nnc(Cl)s2)s1. The van der Waals surface area contributed by atoms with Crippen LogP contribution in [-0.2, 0) is 0 Å². The largest absolute Gasteiger partial charge is 0.341 e. The summed E-state index contributed by atoms with van der Waals surface area (Å²) < 4.78 is 1.18. The lowest BCUT2D eigenvalue weighted by Crippen LogP contribution is -2.34. The average Bonchev–Trinajstić information content (AvgIpc) is 3.06. The molecule has 0 aromatic carbocycles. The van der Waals surface area contributed by atoms with Crippen molar-refractivity contribution in [3.8, 4) is 0 Å². The van der Waals surface area contributed by atoms with Gasteiger partial charge in [0, 0.05) is 14.1 Å². The first-order valence-electron chi connectivity index (χ1n) is 5.45. The molecular weight excluding hydrogens is 340 g/mol. The first kappa shape index (κ1) is 15.4. The molecule has 1 atom stereocenters. The minimum absolute atomic E-state index is 0.0751. The Morgan fingerprint density at radius 3 is 2.70 bits per heavy atom. The van der Waals surface area contributed by atoms with Crippen LogP contribution in [0.1, 0.15) is 17.2 Å². The van der Waals surface area contributed by atoms with Gasteiger partial charge in [0.15, 0.2) is 4.34 Å². The van der Waals surface area contributed by atoms with Crippen molar-refractivity contribution in [1.29, 1.82) is 0 Å². The predicted octanol–water partition coefficient (Wildman–Crippen LogP) is 2.67. The van der Waals surface area contributed by atoms with Gasteiger partial charge in [-0.15, -0.1) is 20.4 Å². The highest BCUT2D eigenvalue weighted by Crippen LogP contribution is 2.39. The number of urea groups is 1. The van der Waals surface area contributed by atoms with E-state index in [0.29, 0.717) is 9.60 Å². The number of nitrogens with one attached hydrogen (secondary N) is 1. The van der Waals surface area contributed by atoms with E-state index in [1.807, 2.05) is 6.92 Å². The summed E-state index contributed by atoms with van der Waals surface area (Å²) in [5.41, 5.74) is 0. The number of amides is 2. The van der Waals surface area contributed by atoms with Gasteiger partial charge in [-0.3, -0.25) is 4.90 Å². The van der Waals surface area contributed by atoms with E-state index >= 15 is 0 Å². The number of hydrogen-bond donors (Lipinski definition) is 1. The average molecular weight is 351 g/mol. The van der Waals surface area contributed by atoms with Crippen molar-refractivity contribution in [3.63, 3.8) is 0 Å². The predicted molar refractivity (Wildman–Crippen MR) is 82.0 cm³/mol. The monoisotopic (exact) mass is 350 g/mol. The third-order valence-corrected chi connectivity index (χ3v) is 5.79. The highest BCUT2D eigenvalue weighted by molar-refractivity contribution is 8.01. The van der Waals surface area contributed by atoms with E-state index in [0.717, 1.165) is 9.35 Å². The number of aromatic nitrogens is 4. The van der Waals surface area contributed by atoms with Gasteiger partial charge >= 0.3 is 6.03 Å². The lowest BCUT2D eigenvalue weighted by molar-refractivity contribution is 0.249. The molecule has 2 aromatic rings. The lowest BCUT2D eigenvalue weighted by atomic mass is 10.5. The van der Waals surface area contributed by atoms with E-state index in [1.165, 1.54) is 39.3 Å². The summed E-state index contributed by atoms with van der Waals surface area (Å²) >= 11 is 9.95. The third-order valence-electron chi connectivity index (χ3n) is 2.24.